The summed E-state index contributed by atoms with van der Waals surface area (Å²) in [5.74, 6) is 0.916. The van der Waals surface area contributed by atoms with Crippen molar-refractivity contribution in [1.82, 2.24) is 5.32 Å². The van der Waals surface area contributed by atoms with E-state index in [1.54, 1.807) is 0 Å². The molecule has 0 aliphatic carbocycles. The highest BCUT2D eigenvalue weighted by molar-refractivity contribution is 5.29. The highest BCUT2D eigenvalue weighted by Crippen LogP contribution is 2.20. The molecule has 1 aromatic rings. The zero-order valence-electron chi connectivity index (χ0n) is 13.2. The lowest BCUT2D eigenvalue weighted by Crippen LogP contribution is -2.19. The Labute approximate surface area is 123 Å². The molecule has 0 saturated heterocycles. The normalized spacial score (nSPS) is 12.3. The van der Waals surface area contributed by atoms with Gasteiger partial charge in [-0.25, -0.2) is 0 Å². The van der Waals surface area contributed by atoms with E-state index in [9.17, 15) is 0 Å². The number of hydrogen-bond acceptors (Lipinski definition) is 3. The molecule has 20 heavy (non-hydrogen) atoms. The summed E-state index contributed by atoms with van der Waals surface area (Å²) in [4.78, 5) is 0. The summed E-state index contributed by atoms with van der Waals surface area (Å²) in [6, 6.07) is 8.81. The summed E-state index contributed by atoms with van der Waals surface area (Å²) in [6.45, 7) is 9.61. The van der Waals surface area contributed by atoms with Crippen LogP contribution in [-0.4, -0.2) is 26.4 Å². The smallest absolute Gasteiger partial charge is 0.119 e. The molecule has 1 aromatic carbocycles. The summed E-state index contributed by atoms with van der Waals surface area (Å²) in [5, 5.41) is 3.48. The van der Waals surface area contributed by atoms with Crippen LogP contribution in [0, 0.1) is 0 Å². The van der Waals surface area contributed by atoms with Crippen LogP contribution in [0.1, 0.15) is 51.6 Å². The number of rotatable bonds is 11. The molecule has 0 aliphatic rings. The Bertz CT molecular complexity index is 337. The van der Waals surface area contributed by atoms with Crippen molar-refractivity contribution in [2.45, 2.75) is 46.1 Å². The monoisotopic (exact) mass is 279 g/mol. The predicted molar refractivity (Wildman–Crippen MR) is 84.4 cm³/mol. The van der Waals surface area contributed by atoms with Gasteiger partial charge in [0.05, 0.1) is 6.61 Å². The molecule has 0 amide bonds. The van der Waals surface area contributed by atoms with Gasteiger partial charge in [0.15, 0.2) is 0 Å². The molecular formula is C17H29NO2. The van der Waals surface area contributed by atoms with Gasteiger partial charge >= 0.3 is 0 Å². The first-order valence-corrected chi connectivity index (χ1v) is 7.85. The maximum atomic E-state index is 5.67. The van der Waals surface area contributed by atoms with E-state index in [1.807, 2.05) is 12.1 Å². The molecular weight excluding hydrogens is 250 g/mol. The Morgan fingerprint density at radius 2 is 1.75 bits per heavy atom. The number of benzene rings is 1. The molecule has 0 saturated carbocycles. The Balaban J connectivity index is 2.31. The average Bonchev–Trinajstić information content (AvgIpc) is 2.49. The summed E-state index contributed by atoms with van der Waals surface area (Å²) < 4.78 is 11.1. The Hall–Kier alpha value is -1.06. The van der Waals surface area contributed by atoms with Gasteiger partial charge in [0, 0.05) is 12.6 Å². The first-order valence-electron chi connectivity index (χ1n) is 7.85. The van der Waals surface area contributed by atoms with Crippen molar-refractivity contribution in [2.24, 2.45) is 0 Å². The average molecular weight is 279 g/mol. The lowest BCUT2D eigenvalue weighted by Gasteiger charge is -2.16. The van der Waals surface area contributed by atoms with Gasteiger partial charge in [-0.05, 0) is 37.1 Å². The molecule has 0 radical (unpaired) electrons. The minimum atomic E-state index is 0.437. The Morgan fingerprint density at radius 3 is 2.35 bits per heavy atom. The van der Waals surface area contributed by atoms with Gasteiger partial charge in [0.25, 0.3) is 0 Å². The second-order valence-electron chi connectivity index (χ2n) is 4.90. The maximum absolute atomic E-state index is 5.67. The molecule has 3 nitrogen and oxygen atoms in total. The van der Waals surface area contributed by atoms with Gasteiger partial charge in [-0.15, -0.1) is 0 Å². The highest BCUT2D eigenvalue weighted by Gasteiger charge is 2.07. The highest BCUT2D eigenvalue weighted by atomic mass is 16.5. The second kappa shape index (κ2) is 10.7. The Kier molecular flexibility index (Phi) is 9.09. The molecule has 1 atom stereocenters. The maximum Gasteiger partial charge on any atom is 0.119 e. The fraction of sp³-hybridized carbons (Fsp3) is 0.647. The fourth-order valence-electron chi connectivity index (χ4n) is 2.11. The zero-order chi connectivity index (χ0) is 14.6. The number of ether oxygens (including phenoxy) is 2. The van der Waals surface area contributed by atoms with E-state index in [0.29, 0.717) is 19.3 Å². The van der Waals surface area contributed by atoms with Gasteiger partial charge in [-0.1, -0.05) is 39.3 Å². The van der Waals surface area contributed by atoms with E-state index in [1.165, 1.54) is 12.0 Å². The molecule has 1 unspecified atom stereocenters. The van der Waals surface area contributed by atoms with E-state index < -0.39 is 0 Å². The van der Waals surface area contributed by atoms with Crippen molar-refractivity contribution in [2.75, 3.05) is 26.4 Å². The van der Waals surface area contributed by atoms with Crippen molar-refractivity contribution >= 4 is 0 Å². The summed E-state index contributed by atoms with van der Waals surface area (Å²) in [5.41, 5.74) is 1.32. The van der Waals surface area contributed by atoms with Crippen LogP contribution < -0.4 is 10.1 Å². The van der Waals surface area contributed by atoms with Gasteiger partial charge in [0.2, 0.25) is 0 Å². The van der Waals surface area contributed by atoms with Crippen molar-refractivity contribution in [3.63, 3.8) is 0 Å². The summed E-state index contributed by atoms with van der Waals surface area (Å²) in [6.07, 6.45) is 3.39. The van der Waals surface area contributed by atoms with Gasteiger partial charge in [-0.3, -0.25) is 0 Å². The van der Waals surface area contributed by atoms with E-state index in [4.69, 9.17) is 9.47 Å². The molecule has 3 heteroatoms. The van der Waals surface area contributed by atoms with Crippen LogP contribution in [0.5, 0.6) is 5.75 Å². The van der Waals surface area contributed by atoms with Crippen LogP contribution in [0.15, 0.2) is 24.3 Å². The lowest BCUT2D eigenvalue weighted by atomic mass is 10.0. The third-order valence-electron chi connectivity index (χ3n) is 3.28. The molecule has 0 spiro atoms. The Morgan fingerprint density at radius 1 is 1.00 bits per heavy atom. The lowest BCUT2D eigenvalue weighted by molar-refractivity contribution is 0.0980. The SMILES string of the molecule is CCCCOCCOc1ccc(C(CC)NCC)cc1. The van der Waals surface area contributed by atoms with Crippen molar-refractivity contribution < 1.29 is 9.47 Å². The zero-order valence-corrected chi connectivity index (χ0v) is 13.2. The van der Waals surface area contributed by atoms with E-state index in [-0.39, 0.29) is 0 Å². The molecule has 0 heterocycles. The topological polar surface area (TPSA) is 30.5 Å². The quantitative estimate of drug-likeness (QED) is 0.622. The first-order chi connectivity index (χ1) is 9.81. The van der Waals surface area contributed by atoms with Crippen LogP contribution in [0.3, 0.4) is 0 Å². The second-order valence-corrected chi connectivity index (χ2v) is 4.90. The molecule has 1 N–H and O–H groups in total. The molecule has 0 bridgehead atoms. The van der Waals surface area contributed by atoms with Gasteiger partial charge in [-0.2, -0.15) is 0 Å². The number of unbranched alkanes of at least 4 members (excludes halogenated alkanes) is 1. The number of hydrogen-bond donors (Lipinski definition) is 1. The third kappa shape index (κ3) is 6.40. The molecule has 0 aliphatic heterocycles. The summed E-state index contributed by atoms with van der Waals surface area (Å²) >= 11 is 0. The van der Waals surface area contributed by atoms with E-state index in [0.717, 1.165) is 31.7 Å². The van der Waals surface area contributed by atoms with Crippen LogP contribution in [0.4, 0.5) is 0 Å². The van der Waals surface area contributed by atoms with Crippen LogP contribution in [0.25, 0.3) is 0 Å². The van der Waals surface area contributed by atoms with Gasteiger partial charge < -0.3 is 14.8 Å². The third-order valence-corrected chi connectivity index (χ3v) is 3.28. The van der Waals surface area contributed by atoms with Crippen LogP contribution in [-0.2, 0) is 4.74 Å². The largest absolute Gasteiger partial charge is 0.491 e. The molecule has 114 valence electrons. The minimum absolute atomic E-state index is 0.437. The molecule has 1 rings (SSSR count). The van der Waals surface area contributed by atoms with Crippen LogP contribution >= 0.6 is 0 Å². The van der Waals surface area contributed by atoms with E-state index >= 15 is 0 Å². The molecule has 0 aromatic heterocycles. The van der Waals surface area contributed by atoms with Crippen molar-refractivity contribution in [3.8, 4) is 5.75 Å². The standard InChI is InChI=1S/C17H29NO2/c1-4-7-12-19-13-14-20-16-10-8-15(9-11-16)17(5-2)18-6-3/h8-11,17-18H,4-7,12-14H2,1-3H3. The minimum Gasteiger partial charge on any atom is -0.491 e. The predicted octanol–water partition coefficient (Wildman–Crippen LogP) is 3.94. The van der Waals surface area contributed by atoms with Crippen LogP contribution in [0.2, 0.25) is 0 Å². The molecule has 0 fully saturated rings. The van der Waals surface area contributed by atoms with Crippen molar-refractivity contribution in [3.05, 3.63) is 29.8 Å². The summed E-state index contributed by atoms with van der Waals surface area (Å²) in [7, 11) is 0. The fourth-order valence-corrected chi connectivity index (χ4v) is 2.11. The van der Waals surface area contributed by atoms with Crippen molar-refractivity contribution in [1.29, 1.82) is 0 Å². The number of nitrogens with one attached hydrogen (secondary N) is 1. The van der Waals surface area contributed by atoms with E-state index in [2.05, 4.69) is 38.2 Å². The first kappa shape index (κ1) is 17.0. The van der Waals surface area contributed by atoms with Gasteiger partial charge in [0.1, 0.15) is 12.4 Å².